The number of amides is 1. The number of carbonyl (C=O) groups excluding carboxylic acids is 1. The van der Waals surface area contributed by atoms with Gasteiger partial charge in [-0.1, -0.05) is 13.8 Å². The number of rotatable bonds is 8. The van der Waals surface area contributed by atoms with Crippen molar-refractivity contribution in [1.82, 2.24) is 4.98 Å². The summed E-state index contributed by atoms with van der Waals surface area (Å²) in [5.41, 5.74) is 0.521. The molecule has 0 aliphatic rings. The molecule has 1 heterocycles. The van der Waals surface area contributed by atoms with Crippen LogP contribution >= 0.6 is 11.3 Å². The van der Waals surface area contributed by atoms with E-state index in [1.807, 2.05) is 20.8 Å². The molecule has 2 aromatic rings. The van der Waals surface area contributed by atoms with Gasteiger partial charge in [0.2, 0.25) is 0 Å². The molecule has 2 rings (SSSR count). The van der Waals surface area contributed by atoms with E-state index in [9.17, 15) is 4.79 Å². The summed E-state index contributed by atoms with van der Waals surface area (Å²) in [4.78, 5) is 17.5. The fourth-order valence-corrected chi connectivity index (χ4v) is 2.55. The largest absolute Gasteiger partial charge is 0.490 e. The maximum absolute atomic E-state index is 12.3. The Balaban J connectivity index is 2.15. The van der Waals surface area contributed by atoms with Crippen molar-refractivity contribution in [2.75, 3.05) is 18.5 Å². The minimum absolute atomic E-state index is 0.206. The number of hydrogen-bond donors (Lipinski definition) is 1. The van der Waals surface area contributed by atoms with E-state index >= 15 is 0 Å². The van der Waals surface area contributed by atoms with E-state index in [-0.39, 0.29) is 5.91 Å². The number of aromatic nitrogens is 1. The molecule has 0 atom stereocenters. The summed E-state index contributed by atoms with van der Waals surface area (Å²) >= 11 is 1.44. The normalized spacial score (nSPS) is 10.4. The quantitative estimate of drug-likeness (QED) is 0.782. The van der Waals surface area contributed by atoms with Crippen LogP contribution in [0.15, 0.2) is 24.4 Å². The van der Waals surface area contributed by atoms with Crippen LogP contribution in [-0.4, -0.2) is 24.1 Å². The summed E-state index contributed by atoms with van der Waals surface area (Å²) in [6, 6.07) is 5.23. The maximum Gasteiger partial charge on any atom is 0.257 e. The predicted molar refractivity (Wildman–Crippen MR) is 92.8 cm³/mol. The van der Waals surface area contributed by atoms with Gasteiger partial charge in [-0.05, 0) is 38.0 Å². The number of anilines is 1. The van der Waals surface area contributed by atoms with Crippen molar-refractivity contribution in [1.29, 1.82) is 0 Å². The van der Waals surface area contributed by atoms with Crippen molar-refractivity contribution >= 4 is 22.4 Å². The first-order valence-corrected chi connectivity index (χ1v) is 8.59. The Morgan fingerprint density at radius 1 is 1.17 bits per heavy atom. The first-order chi connectivity index (χ1) is 11.1. The van der Waals surface area contributed by atoms with Gasteiger partial charge in [0.1, 0.15) is 0 Å². The Labute approximate surface area is 140 Å². The lowest BCUT2D eigenvalue weighted by Gasteiger charge is -2.13. The molecule has 0 aliphatic heterocycles. The van der Waals surface area contributed by atoms with Crippen molar-refractivity contribution in [3.63, 3.8) is 0 Å². The van der Waals surface area contributed by atoms with Crippen molar-refractivity contribution < 1.29 is 14.3 Å². The van der Waals surface area contributed by atoms with Crippen molar-refractivity contribution in [3.8, 4) is 11.5 Å². The molecular weight excluding hydrogens is 312 g/mol. The second-order valence-electron chi connectivity index (χ2n) is 5.09. The van der Waals surface area contributed by atoms with Crippen LogP contribution in [0.5, 0.6) is 11.5 Å². The zero-order valence-electron chi connectivity index (χ0n) is 13.7. The Bertz CT molecular complexity index is 655. The molecule has 0 fully saturated rings. The second-order valence-corrected chi connectivity index (χ2v) is 6.32. The summed E-state index contributed by atoms with van der Waals surface area (Å²) < 4.78 is 11.4. The van der Waals surface area contributed by atoms with Gasteiger partial charge in [-0.3, -0.25) is 10.1 Å². The molecular formula is C17H22N2O3S. The predicted octanol–water partition coefficient (Wildman–Crippen LogP) is 4.28. The van der Waals surface area contributed by atoms with Gasteiger partial charge in [0.05, 0.1) is 13.2 Å². The lowest BCUT2D eigenvalue weighted by molar-refractivity contribution is 0.102. The molecule has 0 saturated heterocycles. The van der Waals surface area contributed by atoms with Gasteiger partial charge >= 0.3 is 0 Å². The summed E-state index contributed by atoms with van der Waals surface area (Å²) in [6.07, 6.45) is 3.54. The van der Waals surface area contributed by atoms with Crippen LogP contribution in [-0.2, 0) is 0 Å². The Morgan fingerprint density at radius 2 is 1.87 bits per heavy atom. The second kappa shape index (κ2) is 8.53. The first-order valence-electron chi connectivity index (χ1n) is 7.77. The monoisotopic (exact) mass is 334 g/mol. The summed E-state index contributed by atoms with van der Waals surface area (Å²) in [7, 11) is 0. The van der Waals surface area contributed by atoms with E-state index in [1.54, 1.807) is 24.4 Å². The van der Waals surface area contributed by atoms with Crippen LogP contribution < -0.4 is 14.8 Å². The van der Waals surface area contributed by atoms with Crippen molar-refractivity contribution in [2.24, 2.45) is 0 Å². The van der Waals surface area contributed by atoms with Gasteiger partial charge < -0.3 is 9.47 Å². The number of hydrogen-bond acceptors (Lipinski definition) is 5. The molecule has 23 heavy (non-hydrogen) atoms. The third-order valence-electron chi connectivity index (χ3n) is 2.97. The third kappa shape index (κ3) is 4.96. The number of nitrogens with one attached hydrogen (secondary N) is 1. The van der Waals surface area contributed by atoms with Gasteiger partial charge in [-0.25, -0.2) is 4.98 Å². The van der Waals surface area contributed by atoms with Crippen molar-refractivity contribution in [3.05, 3.63) is 34.8 Å². The molecule has 5 nitrogen and oxygen atoms in total. The van der Waals surface area contributed by atoms with Crippen LogP contribution in [0.25, 0.3) is 0 Å². The highest BCUT2D eigenvalue weighted by atomic mass is 32.1. The van der Waals surface area contributed by atoms with Crippen LogP contribution in [0.2, 0.25) is 0 Å². The van der Waals surface area contributed by atoms with Crippen LogP contribution in [0.4, 0.5) is 5.13 Å². The minimum atomic E-state index is -0.206. The first kappa shape index (κ1) is 17.3. The van der Waals surface area contributed by atoms with E-state index in [4.69, 9.17) is 9.47 Å². The molecule has 0 bridgehead atoms. The smallest absolute Gasteiger partial charge is 0.257 e. The van der Waals surface area contributed by atoms with Crippen molar-refractivity contribution in [2.45, 2.75) is 33.6 Å². The van der Waals surface area contributed by atoms with E-state index in [0.717, 1.165) is 17.7 Å². The number of carbonyl (C=O) groups is 1. The number of benzene rings is 1. The summed E-state index contributed by atoms with van der Waals surface area (Å²) in [6.45, 7) is 7.23. The molecule has 0 aliphatic carbocycles. The average Bonchev–Trinajstić information content (AvgIpc) is 2.96. The van der Waals surface area contributed by atoms with E-state index in [1.165, 1.54) is 11.3 Å². The average molecular weight is 334 g/mol. The number of thiazole rings is 1. The Kier molecular flexibility index (Phi) is 6.40. The van der Waals surface area contributed by atoms with E-state index in [2.05, 4.69) is 10.3 Å². The molecule has 124 valence electrons. The Morgan fingerprint density at radius 3 is 2.48 bits per heavy atom. The van der Waals surface area contributed by atoms with Gasteiger partial charge in [-0.2, -0.15) is 0 Å². The van der Waals surface area contributed by atoms with Gasteiger partial charge in [0, 0.05) is 16.6 Å². The minimum Gasteiger partial charge on any atom is -0.490 e. The maximum atomic E-state index is 12.3. The molecule has 1 aromatic carbocycles. The van der Waals surface area contributed by atoms with Gasteiger partial charge in [0.15, 0.2) is 16.6 Å². The molecule has 0 radical (unpaired) electrons. The van der Waals surface area contributed by atoms with Gasteiger partial charge in [0.25, 0.3) is 5.91 Å². The van der Waals surface area contributed by atoms with E-state index in [0.29, 0.717) is 35.4 Å². The third-order valence-corrected chi connectivity index (χ3v) is 3.80. The summed E-state index contributed by atoms with van der Waals surface area (Å²) in [5, 5.41) is 3.39. The van der Waals surface area contributed by atoms with Crippen LogP contribution in [0.3, 0.4) is 0 Å². The fraction of sp³-hybridized carbons (Fsp3) is 0.412. The SMILES string of the molecule is CCCOc1ccc(C(=O)Nc2ncc(C)s2)cc1OCCC. The molecule has 0 spiro atoms. The number of ether oxygens (including phenoxy) is 2. The van der Waals surface area contributed by atoms with Crippen LogP contribution in [0.1, 0.15) is 41.9 Å². The Hall–Kier alpha value is -2.08. The molecule has 0 saturated carbocycles. The highest BCUT2D eigenvalue weighted by Crippen LogP contribution is 2.29. The lowest BCUT2D eigenvalue weighted by atomic mass is 10.2. The summed E-state index contributed by atoms with van der Waals surface area (Å²) in [5.74, 6) is 1.06. The standard InChI is InChI=1S/C17H22N2O3S/c1-4-8-21-14-7-6-13(10-15(14)22-9-5-2)16(20)19-17-18-11-12(3)23-17/h6-7,10-11H,4-5,8-9H2,1-3H3,(H,18,19,20). The number of aryl methyl sites for hydroxylation is 1. The highest BCUT2D eigenvalue weighted by molar-refractivity contribution is 7.15. The molecule has 6 heteroatoms. The number of nitrogens with zero attached hydrogens (tertiary/aromatic N) is 1. The van der Waals surface area contributed by atoms with Crippen LogP contribution in [0, 0.1) is 6.92 Å². The lowest BCUT2D eigenvalue weighted by Crippen LogP contribution is -2.12. The highest BCUT2D eigenvalue weighted by Gasteiger charge is 2.13. The molecule has 1 aromatic heterocycles. The molecule has 1 amide bonds. The zero-order valence-corrected chi connectivity index (χ0v) is 14.5. The topological polar surface area (TPSA) is 60.5 Å². The zero-order chi connectivity index (χ0) is 16.7. The fourth-order valence-electron chi connectivity index (χ4n) is 1.89. The molecule has 0 unspecified atom stereocenters. The van der Waals surface area contributed by atoms with E-state index < -0.39 is 0 Å². The molecule has 1 N–H and O–H groups in total. The van der Waals surface area contributed by atoms with Gasteiger partial charge in [-0.15, -0.1) is 11.3 Å².